The minimum absolute atomic E-state index is 0.106. The van der Waals surface area contributed by atoms with Crippen LogP contribution in [0, 0.1) is 0 Å². The maximum atomic E-state index is 11.3. The van der Waals surface area contributed by atoms with Crippen molar-refractivity contribution in [2.75, 3.05) is 13.7 Å². The third-order valence-electron chi connectivity index (χ3n) is 3.97. The molecule has 25 heavy (non-hydrogen) atoms. The van der Waals surface area contributed by atoms with Crippen LogP contribution in [-0.4, -0.2) is 29.8 Å². The summed E-state index contributed by atoms with van der Waals surface area (Å²) >= 11 is 6.27. The molecule has 0 bridgehead atoms. The zero-order valence-corrected chi connectivity index (χ0v) is 14.7. The molecule has 0 amide bonds. The van der Waals surface area contributed by atoms with Gasteiger partial charge in [0.05, 0.1) is 36.4 Å². The number of aromatic amines is 1. The Morgan fingerprint density at radius 1 is 1.24 bits per heavy atom. The van der Waals surface area contributed by atoms with Gasteiger partial charge in [0.15, 0.2) is 11.5 Å². The molecular weight excluding hydrogens is 342 g/mol. The van der Waals surface area contributed by atoms with Crippen molar-refractivity contribution < 1.29 is 19.4 Å². The van der Waals surface area contributed by atoms with Gasteiger partial charge in [0, 0.05) is 10.9 Å². The molecule has 0 radical (unpaired) electrons. The van der Waals surface area contributed by atoms with Crippen molar-refractivity contribution in [1.82, 2.24) is 4.98 Å². The number of methoxy groups -OCH3 is 1. The Labute approximate surface area is 150 Å². The fraction of sp³-hybridized carbons (Fsp3) is 0.211. The van der Waals surface area contributed by atoms with E-state index in [1.54, 1.807) is 13.2 Å². The van der Waals surface area contributed by atoms with E-state index in [9.17, 15) is 9.90 Å². The standard InChI is InChI=1S/C19H18ClNO4/c1-3-25-15-8-7-11(9-16(15)24-2)18-13(10-17(22)23)12-5-4-6-14(20)19(12)21-18/h4-9,21H,3,10H2,1-2H3,(H,22,23). The molecule has 5 nitrogen and oxygen atoms in total. The molecular formula is C19H18ClNO4. The zero-order valence-electron chi connectivity index (χ0n) is 13.9. The third kappa shape index (κ3) is 3.28. The molecule has 0 saturated heterocycles. The van der Waals surface area contributed by atoms with E-state index < -0.39 is 5.97 Å². The number of nitrogens with one attached hydrogen (secondary N) is 1. The van der Waals surface area contributed by atoms with Crippen LogP contribution in [0.5, 0.6) is 11.5 Å². The fourth-order valence-corrected chi connectivity index (χ4v) is 3.14. The second-order valence-electron chi connectivity index (χ2n) is 5.51. The average Bonchev–Trinajstić information content (AvgIpc) is 2.95. The van der Waals surface area contributed by atoms with E-state index in [1.165, 1.54) is 0 Å². The Bertz CT molecular complexity index is 933. The Morgan fingerprint density at radius 2 is 2.04 bits per heavy atom. The van der Waals surface area contributed by atoms with Crippen LogP contribution in [-0.2, 0) is 11.2 Å². The molecule has 3 rings (SSSR count). The summed E-state index contributed by atoms with van der Waals surface area (Å²) in [7, 11) is 1.57. The molecule has 0 atom stereocenters. The van der Waals surface area contributed by atoms with Gasteiger partial charge in [0.25, 0.3) is 0 Å². The van der Waals surface area contributed by atoms with Gasteiger partial charge in [-0.2, -0.15) is 0 Å². The predicted octanol–water partition coefficient (Wildman–Crippen LogP) is 4.52. The lowest BCUT2D eigenvalue weighted by Gasteiger charge is -2.11. The molecule has 0 saturated carbocycles. The second-order valence-corrected chi connectivity index (χ2v) is 5.92. The minimum Gasteiger partial charge on any atom is -0.493 e. The van der Waals surface area contributed by atoms with Gasteiger partial charge in [-0.05, 0) is 36.8 Å². The highest BCUT2D eigenvalue weighted by Gasteiger charge is 2.18. The summed E-state index contributed by atoms with van der Waals surface area (Å²) in [4.78, 5) is 14.6. The summed E-state index contributed by atoms with van der Waals surface area (Å²) in [6.07, 6.45) is -0.106. The largest absolute Gasteiger partial charge is 0.493 e. The molecule has 0 aliphatic rings. The van der Waals surface area contributed by atoms with Crippen molar-refractivity contribution in [3.8, 4) is 22.8 Å². The number of para-hydroxylation sites is 1. The van der Waals surface area contributed by atoms with Crippen LogP contribution in [0.25, 0.3) is 22.2 Å². The molecule has 0 unspecified atom stereocenters. The van der Waals surface area contributed by atoms with Crippen LogP contribution in [0.1, 0.15) is 12.5 Å². The Morgan fingerprint density at radius 3 is 2.72 bits per heavy atom. The molecule has 0 aliphatic carbocycles. The van der Waals surface area contributed by atoms with Gasteiger partial charge in [0.2, 0.25) is 0 Å². The molecule has 130 valence electrons. The van der Waals surface area contributed by atoms with E-state index in [1.807, 2.05) is 37.3 Å². The number of halogens is 1. The molecule has 0 spiro atoms. The van der Waals surface area contributed by atoms with Crippen LogP contribution in [0.4, 0.5) is 0 Å². The second kappa shape index (κ2) is 7.07. The van der Waals surface area contributed by atoms with Gasteiger partial charge in [-0.15, -0.1) is 0 Å². The van der Waals surface area contributed by atoms with Crippen molar-refractivity contribution in [3.05, 3.63) is 47.0 Å². The van der Waals surface area contributed by atoms with Gasteiger partial charge in [-0.1, -0.05) is 23.7 Å². The summed E-state index contributed by atoms with van der Waals surface area (Å²) in [5.74, 6) is 0.327. The summed E-state index contributed by atoms with van der Waals surface area (Å²) in [6, 6.07) is 11.0. The first-order valence-corrected chi connectivity index (χ1v) is 8.25. The van der Waals surface area contributed by atoms with E-state index in [-0.39, 0.29) is 6.42 Å². The molecule has 6 heteroatoms. The highest BCUT2D eigenvalue weighted by molar-refractivity contribution is 6.35. The number of hydrogen-bond acceptors (Lipinski definition) is 3. The third-order valence-corrected chi connectivity index (χ3v) is 4.29. The number of carbonyl (C=O) groups is 1. The van der Waals surface area contributed by atoms with E-state index in [2.05, 4.69) is 4.98 Å². The number of rotatable bonds is 6. The van der Waals surface area contributed by atoms with Gasteiger partial charge >= 0.3 is 5.97 Å². The smallest absolute Gasteiger partial charge is 0.307 e. The Hall–Kier alpha value is -2.66. The van der Waals surface area contributed by atoms with Gasteiger partial charge in [-0.3, -0.25) is 4.79 Å². The van der Waals surface area contributed by atoms with Crippen LogP contribution < -0.4 is 9.47 Å². The summed E-state index contributed by atoms with van der Waals surface area (Å²) in [5.41, 5.74) is 2.94. The Kier molecular flexibility index (Phi) is 4.86. The maximum absolute atomic E-state index is 11.3. The number of aliphatic carboxylic acids is 1. The lowest BCUT2D eigenvalue weighted by atomic mass is 10.0. The van der Waals surface area contributed by atoms with Crippen molar-refractivity contribution in [2.24, 2.45) is 0 Å². The van der Waals surface area contributed by atoms with Crippen LogP contribution in [0.15, 0.2) is 36.4 Å². The number of H-pyrrole nitrogens is 1. The first-order valence-electron chi connectivity index (χ1n) is 7.87. The quantitative estimate of drug-likeness (QED) is 0.678. The Balaban J connectivity index is 2.20. The summed E-state index contributed by atoms with van der Waals surface area (Å²) < 4.78 is 10.9. The number of carboxylic acid groups (broad SMARTS) is 1. The van der Waals surface area contributed by atoms with Crippen molar-refractivity contribution >= 4 is 28.5 Å². The van der Waals surface area contributed by atoms with E-state index >= 15 is 0 Å². The molecule has 1 aromatic heterocycles. The zero-order chi connectivity index (χ0) is 18.0. The molecule has 2 N–H and O–H groups in total. The normalized spacial score (nSPS) is 10.8. The topological polar surface area (TPSA) is 71.6 Å². The van der Waals surface area contributed by atoms with E-state index in [4.69, 9.17) is 21.1 Å². The van der Waals surface area contributed by atoms with E-state index in [0.29, 0.717) is 34.4 Å². The summed E-state index contributed by atoms with van der Waals surface area (Å²) in [5, 5.41) is 10.7. The fourth-order valence-electron chi connectivity index (χ4n) is 2.92. The number of fused-ring (bicyclic) bond motifs is 1. The number of benzene rings is 2. The predicted molar refractivity (Wildman–Crippen MR) is 97.8 cm³/mol. The molecule has 1 heterocycles. The van der Waals surface area contributed by atoms with Crippen LogP contribution >= 0.6 is 11.6 Å². The molecule has 2 aromatic carbocycles. The first-order chi connectivity index (χ1) is 12.0. The highest BCUT2D eigenvalue weighted by Crippen LogP contribution is 2.37. The summed E-state index contributed by atoms with van der Waals surface area (Å²) in [6.45, 7) is 2.43. The monoisotopic (exact) mass is 359 g/mol. The molecule has 0 aliphatic heterocycles. The lowest BCUT2D eigenvalue weighted by Crippen LogP contribution is -2.01. The molecule has 3 aromatic rings. The van der Waals surface area contributed by atoms with Crippen LogP contribution in [0.2, 0.25) is 5.02 Å². The SMILES string of the molecule is CCOc1ccc(-c2[nH]c3c(Cl)cccc3c2CC(=O)O)cc1OC. The average molecular weight is 360 g/mol. The van der Waals surface area contributed by atoms with Gasteiger partial charge < -0.3 is 19.6 Å². The van der Waals surface area contributed by atoms with Crippen molar-refractivity contribution in [2.45, 2.75) is 13.3 Å². The minimum atomic E-state index is -0.903. The van der Waals surface area contributed by atoms with E-state index in [0.717, 1.165) is 16.5 Å². The number of hydrogen-bond donors (Lipinski definition) is 2. The van der Waals surface area contributed by atoms with Crippen LogP contribution in [0.3, 0.4) is 0 Å². The number of carboxylic acids is 1. The maximum Gasteiger partial charge on any atom is 0.307 e. The van der Waals surface area contributed by atoms with Gasteiger partial charge in [-0.25, -0.2) is 0 Å². The number of aromatic nitrogens is 1. The first kappa shape index (κ1) is 17.2. The van der Waals surface area contributed by atoms with Gasteiger partial charge in [0.1, 0.15) is 0 Å². The van der Waals surface area contributed by atoms with Crippen molar-refractivity contribution in [1.29, 1.82) is 0 Å². The highest BCUT2D eigenvalue weighted by atomic mass is 35.5. The molecule has 0 fully saturated rings. The van der Waals surface area contributed by atoms with Crippen molar-refractivity contribution in [3.63, 3.8) is 0 Å². The number of ether oxygens (including phenoxy) is 2. The lowest BCUT2D eigenvalue weighted by molar-refractivity contribution is -0.136.